The molecule has 0 saturated carbocycles. The number of carbonyl (C=O) groups is 2. The molecule has 0 bridgehead atoms. The molecule has 4 rings (SSSR count). The fourth-order valence-corrected chi connectivity index (χ4v) is 3.62. The molecule has 4 heterocycles. The van der Waals surface area contributed by atoms with E-state index in [0.29, 0.717) is 43.9 Å². The van der Waals surface area contributed by atoms with Crippen molar-refractivity contribution < 1.29 is 14.0 Å². The van der Waals surface area contributed by atoms with Crippen LogP contribution < -0.4 is 5.56 Å². The van der Waals surface area contributed by atoms with Gasteiger partial charge in [0.05, 0.1) is 18.1 Å². The van der Waals surface area contributed by atoms with E-state index in [1.165, 1.54) is 10.8 Å². The van der Waals surface area contributed by atoms with E-state index in [9.17, 15) is 14.4 Å². The first-order valence-electron chi connectivity index (χ1n) is 9.81. The lowest BCUT2D eigenvalue weighted by atomic mass is 10.1. The van der Waals surface area contributed by atoms with E-state index >= 15 is 0 Å². The number of amides is 2. The Balaban J connectivity index is 1.56. The van der Waals surface area contributed by atoms with E-state index in [2.05, 4.69) is 4.98 Å². The molecule has 0 spiro atoms. The Morgan fingerprint density at radius 2 is 1.77 bits per heavy atom. The third-order valence-corrected chi connectivity index (χ3v) is 5.24. The fraction of sp³-hybridized carbons (Fsp3) is 0.273. The molecule has 1 saturated heterocycles. The number of nitrogens with zero attached hydrogens (tertiary/aromatic N) is 4. The SMILES string of the molecule is Cc1ccn(-c2cccnc2)c(=O)c1C(=O)N1CCCN(C(=O)c2ccco2)CC1. The van der Waals surface area contributed by atoms with Crippen molar-refractivity contribution in [2.24, 2.45) is 0 Å². The summed E-state index contributed by atoms with van der Waals surface area (Å²) in [6, 6.07) is 8.56. The molecule has 30 heavy (non-hydrogen) atoms. The minimum atomic E-state index is -0.374. The zero-order valence-electron chi connectivity index (χ0n) is 16.7. The van der Waals surface area contributed by atoms with Gasteiger partial charge < -0.3 is 14.2 Å². The molecular weight excluding hydrogens is 384 g/mol. The molecular formula is C22H22N4O4. The predicted octanol–water partition coefficient (Wildman–Crippen LogP) is 2.12. The van der Waals surface area contributed by atoms with Crippen LogP contribution in [0.5, 0.6) is 0 Å². The molecule has 154 valence electrons. The minimum Gasteiger partial charge on any atom is -0.459 e. The van der Waals surface area contributed by atoms with Gasteiger partial charge in [0, 0.05) is 38.6 Å². The van der Waals surface area contributed by atoms with Crippen molar-refractivity contribution >= 4 is 11.8 Å². The summed E-state index contributed by atoms with van der Waals surface area (Å²) in [6.07, 6.45) is 6.95. The first kappa shape index (κ1) is 19.6. The van der Waals surface area contributed by atoms with Crippen molar-refractivity contribution in [2.75, 3.05) is 26.2 Å². The number of carbonyl (C=O) groups excluding carboxylic acids is 2. The van der Waals surface area contributed by atoms with Gasteiger partial charge in [-0.3, -0.25) is 23.9 Å². The molecule has 3 aromatic rings. The molecule has 1 aliphatic rings. The first-order valence-corrected chi connectivity index (χ1v) is 9.81. The molecule has 3 aromatic heterocycles. The van der Waals surface area contributed by atoms with E-state index in [0.717, 1.165) is 0 Å². The van der Waals surface area contributed by atoms with Crippen LogP contribution in [-0.4, -0.2) is 57.3 Å². The number of hydrogen-bond acceptors (Lipinski definition) is 5. The van der Waals surface area contributed by atoms with Gasteiger partial charge in [-0.15, -0.1) is 0 Å². The molecule has 8 nitrogen and oxygen atoms in total. The van der Waals surface area contributed by atoms with Crippen molar-refractivity contribution in [1.29, 1.82) is 0 Å². The summed E-state index contributed by atoms with van der Waals surface area (Å²) < 4.78 is 6.63. The van der Waals surface area contributed by atoms with Crippen LogP contribution in [0.2, 0.25) is 0 Å². The smallest absolute Gasteiger partial charge is 0.289 e. The van der Waals surface area contributed by atoms with E-state index in [4.69, 9.17) is 4.42 Å². The zero-order chi connectivity index (χ0) is 21.1. The Labute approximate surface area is 173 Å². The Hall–Kier alpha value is -3.68. The number of aromatic nitrogens is 2. The number of pyridine rings is 2. The zero-order valence-corrected chi connectivity index (χ0v) is 16.7. The Bertz CT molecular complexity index is 1110. The quantitative estimate of drug-likeness (QED) is 0.665. The lowest BCUT2D eigenvalue weighted by Crippen LogP contribution is -2.40. The summed E-state index contributed by atoms with van der Waals surface area (Å²) in [7, 11) is 0. The highest BCUT2D eigenvalue weighted by atomic mass is 16.3. The third kappa shape index (κ3) is 3.76. The summed E-state index contributed by atoms with van der Waals surface area (Å²) in [5.41, 5.74) is 0.994. The van der Waals surface area contributed by atoms with Gasteiger partial charge in [0.1, 0.15) is 5.56 Å². The maximum Gasteiger partial charge on any atom is 0.289 e. The average Bonchev–Trinajstić information content (AvgIpc) is 3.18. The van der Waals surface area contributed by atoms with Crippen LogP contribution in [-0.2, 0) is 0 Å². The number of aryl methyl sites for hydroxylation is 1. The van der Waals surface area contributed by atoms with Gasteiger partial charge >= 0.3 is 0 Å². The van der Waals surface area contributed by atoms with E-state index in [-0.39, 0.29) is 28.7 Å². The maximum absolute atomic E-state index is 13.3. The van der Waals surface area contributed by atoms with Crippen LogP contribution in [0.3, 0.4) is 0 Å². The number of furan rings is 1. The van der Waals surface area contributed by atoms with Crippen molar-refractivity contribution in [3.63, 3.8) is 0 Å². The molecule has 0 unspecified atom stereocenters. The second-order valence-corrected chi connectivity index (χ2v) is 7.18. The van der Waals surface area contributed by atoms with Crippen molar-refractivity contribution in [1.82, 2.24) is 19.4 Å². The van der Waals surface area contributed by atoms with Crippen LogP contribution in [0.25, 0.3) is 5.69 Å². The van der Waals surface area contributed by atoms with Crippen LogP contribution in [0.1, 0.15) is 32.9 Å². The van der Waals surface area contributed by atoms with E-state index in [1.54, 1.807) is 65.6 Å². The van der Waals surface area contributed by atoms with Crippen molar-refractivity contribution in [3.8, 4) is 5.69 Å². The van der Waals surface area contributed by atoms with Gasteiger partial charge in [0.2, 0.25) is 0 Å². The van der Waals surface area contributed by atoms with Crippen LogP contribution in [0.15, 0.2) is 64.4 Å². The average molecular weight is 406 g/mol. The highest BCUT2D eigenvalue weighted by Crippen LogP contribution is 2.14. The lowest BCUT2D eigenvalue weighted by molar-refractivity contribution is 0.0699. The number of hydrogen-bond donors (Lipinski definition) is 0. The van der Waals surface area contributed by atoms with Crippen LogP contribution >= 0.6 is 0 Å². The normalized spacial score (nSPS) is 14.4. The van der Waals surface area contributed by atoms with Crippen molar-refractivity contribution in [3.05, 3.63) is 82.4 Å². The van der Waals surface area contributed by atoms with Gasteiger partial charge in [-0.2, -0.15) is 0 Å². The number of rotatable bonds is 3. The Kier molecular flexibility index (Phi) is 5.47. The van der Waals surface area contributed by atoms with E-state index in [1.807, 2.05) is 0 Å². The standard InChI is InChI=1S/C22H22N4O4/c1-16-7-11-26(17-5-2-8-23-15-17)22(29)19(16)21(28)25-10-4-9-24(12-13-25)20(27)18-6-3-14-30-18/h2-3,5-8,11,14-15H,4,9-10,12-13H2,1H3. The maximum atomic E-state index is 13.3. The molecule has 1 fully saturated rings. The third-order valence-electron chi connectivity index (χ3n) is 5.24. The molecule has 0 atom stereocenters. The summed E-state index contributed by atoms with van der Waals surface area (Å²) in [5, 5.41) is 0. The highest BCUT2D eigenvalue weighted by molar-refractivity contribution is 5.95. The summed E-state index contributed by atoms with van der Waals surface area (Å²) in [6.45, 7) is 3.49. The summed E-state index contributed by atoms with van der Waals surface area (Å²) in [4.78, 5) is 46.3. The molecule has 1 aliphatic heterocycles. The van der Waals surface area contributed by atoms with Gasteiger partial charge in [-0.1, -0.05) is 0 Å². The van der Waals surface area contributed by atoms with E-state index < -0.39 is 0 Å². The molecule has 0 N–H and O–H groups in total. The lowest BCUT2D eigenvalue weighted by Gasteiger charge is -2.22. The monoisotopic (exact) mass is 406 g/mol. The molecule has 0 radical (unpaired) electrons. The van der Waals surface area contributed by atoms with Gasteiger partial charge in [-0.05, 0) is 49.2 Å². The second-order valence-electron chi connectivity index (χ2n) is 7.18. The van der Waals surface area contributed by atoms with Crippen molar-refractivity contribution in [2.45, 2.75) is 13.3 Å². The van der Waals surface area contributed by atoms with Crippen LogP contribution in [0.4, 0.5) is 0 Å². The Morgan fingerprint density at radius 3 is 2.43 bits per heavy atom. The fourth-order valence-electron chi connectivity index (χ4n) is 3.62. The van der Waals surface area contributed by atoms with Gasteiger partial charge in [-0.25, -0.2) is 0 Å². The summed E-state index contributed by atoms with van der Waals surface area (Å²) >= 11 is 0. The second kappa shape index (κ2) is 8.36. The largest absolute Gasteiger partial charge is 0.459 e. The first-order chi connectivity index (χ1) is 14.6. The summed E-state index contributed by atoms with van der Waals surface area (Å²) in [5.74, 6) is -0.222. The van der Waals surface area contributed by atoms with Gasteiger partial charge in [0.25, 0.3) is 17.4 Å². The van der Waals surface area contributed by atoms with Gasteiger partial charge in [0.15, 0.2) is 5.76 Å². The molecule has 0 aliphatic carbocycles. The minimum absolute atomic E-state index is 0.146. The predicted molar refractivity (Wildman–Crippen MR) is 110 cm³/mol. The van der Waals surface area contributed by atoms with Crippen LogP contribution in [0, 0.1) is 6.92 Å². The highest BCUT2D eigenvalue weighted by Gasteiger charge is 2.27. The molecule has 8 heteroatoms. The Morgan fingerprint density at radius 1 is 1.00 bits per heavy atom. The molecule has 2 amide bonds. The molecule has 0 aromatic carbocycles. The topological polar surface area (TPSA) is 88.7 Å².